The van der Waals surface area contributed by atoms with Crippen LogP contribution in [0.3, 0.4) is 0 Å². The number of nitrogens with two attached hydrogens (primary N) is 1. The molecule has 0 fully saturated rings. The molecule has 0 radical (unpaired) electrons. The molecule has 0 aliphatic heterocycles. The zero-order chi connectivity index (χ0) is 13.7. The SMILES string of the molecule is Cc1ncsc1CCOC(CN)c1cccc(F)c1. The van der Waals surface area contributed by atoms with Crippen LogP contribution in [0, 0.1) is 12.7 Å². The first-order chi connectivity index (χ1) is 9.20. The van der Waals surface area contributed by atoms with Gasteiger partial charge in [0.15, 0.2) is 0 Å². The third kappa shape index (κ3) is 3.83. The first-order valence-electron chi connectivity index (χ1n) is 6.17. The van der Waals surface area contributed by atoms with Crippen molar-refractivity contribution in [3.63, 3.8) is 0 Å². The highest BCUT2D eigenvalue weighted by atomic mass is 32.1. The Morgan fingerprint density at radius 2 is 2.32 bits per heavy atom. The van der Waals surface area contributed by atoms with Gasteiger partial charge in [-0.1, -0.05) is 12.1 Å². The van der Waals surface area contributed by atoms with E-state index < -0.39 is 0 Å². The molecule has 1 aromatic heterocycles. The monoisotopic (exact) mass is 280 g/mol. The van der Waals surface area contributed by atoms with E-state index in [1.807, 2.05) is 18.5 Å². The Bertz CT molecular complexity index is 530. The summed E-state index contributed by atoms with van der Waals surface area (Å²) < 4.78 is 18.9. The Labute approximate surface area is 116 Å². The third-order valence-corrected chi connectivity index (χ3v) is 3.92. The molecule has 0 spiro atoms. The number of ether oxygens (including phenoxy) is 1. The van der Waals surface area contributed by atoms with Crippen molar-refractivity contribution in [1.82, 2.24) is 4.98 Å². The number of rotatable bonds is 6. The van der Waals surface area contributed by atoms with E-state index in [9.17, 15) is 4.39 Å². The van der Waals surface area contributed by atoms with Gasteiger partial charge in [0, 0.05) is 17.8 Å². The number of aromatic nitrogens is 1. The molecule has 2 N–H and O–H groups in total. The van der Waals surface area contributed by atoms with Crippen molar-refractivity contribution in [2.75, 3.05) is 13.2 Å². The predicted molar refractivity (Wildman–Crippen MR) is 74.7 cm³/mol. The summed E-state index contributed by atoms with van der Waals surface area (Å²) in [5.41, 5.74) is 9.34. The van der Waals surface area contributed by atoms with Crippen LogP contribution < -0.4 is 5.73 Å². The van der Waals surface area contributed by atoms with Crippen molar-refractivity contribution in [3.8, 4) is 0 Å². The Balaban J connectivity index is 1.91. The number of benzene rings is 1. The average molecular weight is 280 g/mol. The van der Waals surface area contributed by atoms with Gasteiger partial charge < -0.3 is 10.5 Å². The zero-order valence-electron chi connectivity index (χ0n) is 10.8. The molecule has 1 aromatic carbocycles. The molecule has 1 atom stereocenters. The molecule has 0 saturated carbocycles. The summed E-state index contributed by atoms with van der Waals surface area (Å²) in [5, 5.41) is 0. The molecular formula is C14H17FN2OS. The maximum Gasteiger partial charge on any atom is 0.123 e. The fourth-order valence-corrected chi connectivity index (χ4v) is 2.63. The molecule has 0 bridgehead atoms. The van der Waals surface area contributed by atoms with Crippen LogP contribution in [0.5, 0.6) is 0 Å². The minimum absolute atomic E-state index is 0.260. The van der Waals surface area contributed by atoms with Crippen LogP contribution in [0.1, 0.15) is 22.2 Å². The summed E-state index contributed by atoms with van der Waals surface area (Å²) in [6.45, 7) is 2.88. The van der Waals surface area contributed by atoms with E-state index in [0.717, 1.165) is 17.7 Å². The molecule has 0 aliphatic rings. The van der Waals surface area contributed by atoms with Gasteiger partial charge in [0.05, 0.1) is 23.9 Å². The molecule has 0 amide bonds. The standard InChI is InChI=1S/C14H17FN2OS/c1-10-14(19-9-17-10)5-6-18-13(8-16)11-3-2-4-12(15)7-11/h2-4,7,9,13H,5-6,8,16H2,1H3. The fourth-order valence-electron chi connectivity index (χ4n) is 1.87. The fraction of sp³-hybridized carbons (Fsp3) is 0.357. The minimum atomic E-state index is -0.266. The summed E-state index contributed by atoms with van der Waals surface area (Å²) in [6, 6.07) is 6.38. The Morgan fingerprint density at radius 3 is 2.95 bits per heavy atom. The van der Waals surface area contributed by atoms with Gasteiger partial charge in [-0.15, -0.1) is 11.3 Å². The van der Waals surface area contributed by atoms with Crippen molar-refractivity contribution in [2.45, 2.75) is 19.4 Å². The average Bonchev–Trinajstić information content (AvgIpc) is 2.80. The van der Waals surface area contributed by atoms with Gasteiger partial charge in [-0.2, -0.15) is 0 Å². The highest BCUT2D eigenvalue weighted by molar-refractivity contribution is 7.09. The molecule has 1 unspecified atom stereocenters. The lowest BCUT2D eigenvalue weighted by Crippen LogP contribution is -2.17. The Hall–Kier alpha value is -1.30. The smallest absolute Gasteiger partial charge is 0.123 e. The van der Waals surface area contributed by atoms with Gasteiger partial charge in [-0.05, 0) is 24.6 Å². The summed E-state index contributed by atoms with van der Waals surface area (Å²) in [4.78, 5) is 5.41. The van der Waals surface area contributed by atoms with E-state index in [0.29, 0.717) is 13.2 Å². The van der Waals surface area contributed by atoms with Gasteiger partial charge in [0.1, 0.15) is 5.82 Å². The second-order valence-electron chi connectivity index (χ2n) is 4.26. The quantitative estimate of drug-likeness (QED) is 0.885. The van der Waals surface area contributed by atoms with Crippen LogP contribution in [0.4, 0.5) is 4.39 Å². The number of hydrogen-bond donors (Lipinski definition) is 1. The predicted octanol–water partition coefficient (Wildman–Crippen LogP) is 2.85. The van der Waals surface area contributed by atoms with E-state index >= 15 is 0 Å². The second-order valence-corrected chi connectivity index (χ2v) is 5.20. The molecular weight excluding hydrogens is 263 g/mol. The van der Waals surface area contributed by atoms with Crippen molar-refractivity contribution < 1.29 is 9.13 Å². The van der Waals surface area contributed by atoms with Crippen LogP contribution >= 0.6 is 11.3 Å². The molecule has 1 heterocycles. The number of hydrogen-bond acceptors (Lipinski definition) is 4. The van der Waals surface area contributed by atoms with Gasteiger partial charge in [-0.3, -0.25) is 0 Å². The highest BCUT2D eigenvalue weighted by Crippen LogP contribution is 2.19. The summed E-state index contributed by atoms with van der Waals surface area (Å²) in [7, 11) is 0. The number of nitrogens with zero attached hydrogens (tertiary/aromatic N) is 1. The minimum Gasteiger partial charge on any atom is -0.372 e. The molecule has 19 heavy (non-hydrogen) atoms. The van der Waals surface area contributed by atoms with Gasteiger partial charge in [0.2, 0.25) is 0 Å². The van der Waals surface area contributed by atoms with E-state index in [-0.39, 0.29) is 11.9 Å². The lowest BCUT2D eigenvalue weighted by Gasteiger charge is -2.16. The molecule has 5 heteroatoms. The van der Waals surface area contributed by atoms with Crippen LogP contribution in [-0.2, 0) is 11.2 Å². The number of thiazole rings is 1. The summed E-state index contributed by atoms with van der Waals surface area (Å²) >= 11 is 1.62. The van der Waals surface area contributed by atoms with Gasteiger partial charge in [0.25, 0.3) is 0 Å². The maximum atomic E-state index is 13.2. The van der Waals surface area contributed by atoms with E-state index in [2.05, 4.69) is 4.98 Å². The van der Waals surface area contributed by atoms with Crippen LogP contribution in [0.15, 0.2) is 29.8 Å². The van der Waals surface area contributed by atoms with Crippen LogP contribution in [-0.4, -0.2) is 18.1 Å². The Morgan fingerprint density at radius 1 is 1.47 bits per heavy atom. The molecule has 3 nitrogen and oxygen atoms in total. The van der Waals surface area contributed by atoms with Crippen LogP contribution in [0.2, 0.25) is 0 Å². The van der Waals surface area contributed by atoms with E-state index in [4.69, 9.17) is 10.5 Å². The largest absolute Gasteiger partial charge is 0.372 e. The third-order valence-electron chi connectivity index (χ3n) is 2.93. The highest BCUT2D eigenvalue weighted by Gasteiger charge is 2.11. The lowest BCUT2D eigenvalue weighted by molar-refractivity contribution is 0.0609. The van der Waals surface area contributed by atoms with Crippen molar-refractivity contribution in [2.24, 2.45) is 5.73 Å². The zero-order valence-corrected chi connectivity index (χ0v) is 11.6. The number of halogens is 1. The molecule has 2 rings (SSSR count). The lowest BCUT2D eigenvalue weighted by atomic mass is 10.1. The van der Waals surface area contributed by atoms with Crippen molar-refractivity contribution in [1.29, 1.82) is 0 Å². The van der Waals surface area contributed by atoms with Crippen LogP contribution in [0.25, 0.3) is 0 Å². The van der Waals surface area contributed by atoms with Crippen molar-refractivity contribution in [3.05, 3.63) is 51.7 Å². The first kappa shape index (κ1) is 14.1. The second kappa shape index (κ2) is 6.75. The molecule has 0 saturated heterocycles. The summed E-state index contributed by atoms with van der Waals surface area (Å²) in [6.07, 6.45) is 0.548. The van der Waals surface area contributed by atoms with E-state index in [1.165, 1.54) is 17.0 Å². The summed E-state index contributed by atoms with van der Waals surface area (Å²) in [5.74, 6) is -0.266. The molecule has 102 valence electrons. The van der Waals surface area contributed by atoms with Gasteiger partial charge >= 0.3 is 0 Å². The number of aryl methyl sites for hydroxylation is 1. The van der Waals surface area contributed by atoms with Crippen molar-refractivity contribution >= 4 is 11.3 Å². The van der Waals surface area contributed by atoms with Gasteiger partial charge in [-0.25, -0.2) is 9.37 Å². The van der Waals surface area contributed by atoms with E-state index in [1.54, 1.807) is 17.4 Å². The topological polar surface area (TPSA) is 48.1 Å². The Kier molecular flexibility index (Phi) is 5.01. The molecule has 2 aromatic rings. The normalized spacial score (nSPS) is 12.6. The maximum absolute atomic E-state index is 13.2. The molecule has 0 aliphatic carbocycles. The first-order valence-corrected chi connectivity index (χ1v) is 7.04.